The van der Waals surface area contributed by atoms with Crippen molar-refractivity contribution in [2.75, 3.05) is 11.9 Å². The number of urea groups is 1. The van der Waals surface area contributed by atoms with Gasteiger partial charge in [0.2, 0.25) is 0 Å². The molecule has 2 amide bonds. The maximum atomic E-state index is 13.5. The Balaban J connectivity index is 2.25. The van der Waals surface area contributed by atoms with E-state index in [0.29, 0.717) is 6.54 Å². The number of nitrogens with zero attached hydrogens (tertiary/aromatic N) is 1. The third-order valence-electron chi connectivity index (χ3n) is 3.62. The molecule has 0 radical (unpaired) electrons. The largest absolute Gasteiger partial charge is 0.478 e. The molecular weight excluding hydrogens is 263 g/mol. The van der Waals surface area contributed by atoms with Crippen molar-refractivity contribution in [3.05, 3.63) is 29.6 Å². The van der Waals surface area contributed by atoms with Gasteiger partial charge in [-0.2, -0.15) is 0 Å². The molecule has 1 heterocycles. The van der Waals surface area contributed by atoms with Crippen molar-refractivity contribution in [1.82, 2.24) is 4.90 Å². The quantitative estimate of drug-likeness (QED) is 0.875. The molecule has 0 atom stereocenters. The SMILES string of the molecule is CC1(C)CCCN1C(=O)Nc1cccc(F)c1C(=O)O. The zero-order valence-electron chi connectivity index (χ0n) is 11.4. The Morgan fingerprint density at radius 2 is 2.10 bits per heavy atom. The first-order chi connectivity index (χ1) is 9.33. The zero-order valence-corrected chi connectivity index (χ0v) is 11.4. The van der Waals surface area contributed by atoms with Crippen LogP contribution in [0.15, 0.2) is 18.2 Å². The van der Waals surface area contributed by atoms with Crippen molar-refractivity contribution < 1.29 is 19.1 Å². The molecule has 0 aliphatic carbocycles. The summed E-state index contributed by atoms with van der Waals surface area (Å²) in [7, 11) is 0. The van der Waals surface area contributed by atoms with E-state index in [-0.39, 0.29) is 11.2 Å². The minimum absolute atomic E-state index is 0.0230. The molecular formula is C14H17FN2O3. The molecule has 6 heteroatoms. The number of anilines is 1. The van der Waals surface area contributed by atoms with Crippen molar-refractivity contribution in [3.63, 3.8) is 0 Å². The number of carboxylic acids is 1. The minimum atomic E-state index is -1.40. The van der Waals surface area contributed by atoms with Gasteiger partial charge in [-0.3, -0.25) is 0 Å². The number of aromatic carboxylic acids is 1. The van der Waals surface area contributed by atoms with E-state index >= 15 is 0 Å². The number of hydrogen-bond donors (Lipinski definition) is 2. The molecule has 1 fully saturated rings. The fraction of sp³-hybridized carbons (Fsp3) is 0.429. The van der Waals surface area contributed by atoms with Gasteiger partial charge in [0.1, 0.15) is 11.4 Å². The van der Waals surface area contributed by atoms with Gasteiger partial charge in [0.25, 0.3) is 0 Å². The summed E-state index contributed by atoms with van der Waals surface area (Å²) in [5.74, 6) is -2.27. The van der Waals surface area contributed by atoms with Crippen LogP contribution in [-0.2, 0) is 0 Å². The van der Waals surface area contributed by atoms with Crippen molar-refractivity contribution in [2.24, 2.45) is 0 Å². The molecule has 0 unspecified atom stereocenters. The van der Waals surface area contributed by atoms with E-state index in [9.17, 15) is 14.0 Å². The van der Waals surface area contributed by atoms with Gasteiger partial charge in [-0.1, -0.05) is 6.07 Å². The molecule has 5 nitrogen and oxygen atoms in total. The van der Waals surface area contributed by atoms with Gasteiger partial charge in [0.15, 0.2) is 0 Å². The lowest BCUT2D eigenvalue weighted by molar-refractivity contribution is 0.0693. The minimum Gasteiger partial charge on any atom is -0.478 e. The lowest BCUT2D eigenvalue weighted by Gasteiger charge is -2.31. The van der Waals surface area contributed by atoms with Crippen LogP contribution >= 0.6 is 0 Å². The number of carbonyl (C=O) groups excluding carboxylic acids is 1. The van der Waals surface area contributed by atoms with Crippen LogP contribution in [0.3, 0.4) is 0 Å². The molecule has 1 aromatic rings. The second-order valence-corrected chi connectivity index (χ2v) is 5.47. The number of likely N-dealkylation sites (tertiary alicyclic amines) is 1. The van der Waals surface area contributed by atoms with E-state index < -0.39 is 23.4 Å². The fourth-order valence-corrected chi connectivity index (χ4v) is 2.51. The molecule has 1 aliphatic heterocycles. The first kappa shape index (κ1) is 14.3. The average Bonchev–Trinajstić information content (AvgIpc) is 2.68. The van der Waals surface area contributed by atoms with Gasteiger partial charge in [0.05, 0.1) is 5.69 Å². The van der Waals surface area contributed by atoms with Crippen molar-refractivity contribution in [2.45, 2.75) is 32.2 Å². The van der Waals surface area contributed by atoms with Gasteiger partial charge in [-0.05, 0) is 38.8 Å². The number of carboxylic acid groups (broad SMARTS) is 1. The molecule has 108 valence electrons. The van der Waals surface area contributed by atoms with E-state index in [4.69, 9.17) is 5.11 Å². The van der Waals surface area contributed by atoms with Crippen LogP contribution in [0.4, 0.5) is 14.9 Å². The molecule has 1 aliphatic rings. The average molecular weight is 280 g/mol. The first-order valence-electron chi connectivity index (χ1n) is 6.43. The van der Waals surface area contributed by atoms with Crippen LogP contribution in [0.1, 0.15) is 37.0 Å². The van der Waals surface area contributed by atoms with Crippen LogP contribution in [0.5, 0.6) is 0 Å². The molecule has 0 bridgehead atoms. The van der Waals surface area contributed by atoms with E-state index in [1.807, 2.05) is 13.8 Å². The predicted octanol–water partition coefficient (Wildman–Crippen LogP) is 2.93. The van der Waals surface area contributed by atoms with Crippen molar-refractivity contribution in [3.8, 4) is 0 Å². The molecule has 0 saturated carbocycles. The summed E-state index contributed by atoms with van der Waals surface area (Å²) in [6.45, 7) is 4.50. The first-order valence-corrected chi connectivity index (χ1v) is 6.43. The normalized spacial score (nSPS) is 17.1. The van der Waals surface area contributed by atoms with Crippen LogP contribution < -0.4 is 5.32 Å². The molecule has 0 spiro atoms. The number of rotatable bonds is 2. The Labute approximate surface area is 116 Å². The number of nitrogens with one attached hydrogen (secondary N) is 1. The van der Waals surface area contributed by atoms with Gasteiger partial charge in [-0.15, -0.1) is 0 Å². The molecule has 0 aromatic heterocycles. The highest BCUT2D eigenvalue weighted by molar-refractivity contribution is 6.00. The second-order valence-electron chi connectivity index (χ2n) is 5.47. The highest BCUT2D eigenvalue weighted by atomic mass is 19.1. The summed E-state index contributed by atoms with van der Waals surface area (Å²) < 4.78 is 13.5. The lowest BCUT2D eigenvalue weighted by atomic mass is 10.0. The standard InChI is InChI=1S/C14H17FN2O3/c1-14(2)7-4-8-17(14)13(20)16-10-6-3-5-9(15)11(10)12(18)19/h3,5-6H,4,7-8H2,1-2H3,(H,16,20)(H,18,19). The number of amides is 2. The summed E-state index contributed by atoms with van der Waals surface area (Å²) >= 11 is 0. The van der Waals surface area contributed by atoms with Gasteiger partial charge >= 0.3 is 12.0 Å². The van der Waals surface area contributed by atoms with Gasteiger partial charge in [-0.25, -0.2) is 14.0 Å². The van der Waals surface area contributed by atoms with Crippen LogP contribution in [0, 0.1) is 5.82 Å². The number of halogens is 1. The number of benzene rings is 1. The lowest BCUT2D eigenvalue weighted by Crippen LogP contribution is -2.45. The highest BCUT2D eigenvalue weighted by Gasteiger charge is 2.35. The predicted molar refractivity (Wildman–Crippen MR) is 72.4 cm³/mol. The summed E-state index contributed by atoms with van der Waals surface area (Å²) in [6, 6.07) is 3.40. The van der Waals surface area contributed by atoms with Crippen LogP contribution in [0.2, 0.25) is 0 Å². The van der Waals surface area contributed by atoms with Gasteiger partial charge < -0.3 is 15.3 Å². The topological polar surface area (TPSA) is 69.6 Å². The molecule has 2 rings (SSSR count). The fourth-order valence-electron chi connectivity index (χ4n) is 2.51. The summed E-state index contributed by atoms with van der Waals surface area (Å²) in [5.41, 5.74) is -0.816. The molecule has 2 N–H and O–H groups in total. The van der Waals surface area contributed by atoms with Crippen LogP contribution in [0.25, 0.3) is 0 Å². The molecule has 20 heavy (non-hydrogen) atoms. The van der Waals surface area contributed by atoms with Gasteiger partial charge in [0, 0.05) is 12.1 Å². The van der Waals surface area contributed by atoms with E-state index in [1.165, 1.54) is 12.1 Å². The smallest absolute Gasteiger partial charge is 0.340 e. The third-order valence-corrected chi connectivity index (χ3v) is 3.62. The van der Waals surface area contributed by atoms with E-state index in [1.54, 1.807) is 4.90 Å². The Bertz CT molecular complexity index is 557. The summed E-state index contributed by atoms with van der Waals surface area (Å²) in [5, 5.41) is 11.5. The van der Waals surface area contributed by atoms with Crippen molar-refractivity contribution in [1.29, 1.82) is 0 Å². The Morgan fingerprint density at radius 3 is 2.65 bits per heavy atom. The summed E-state index contributed by atoms with van der Waals surface area (Å²) in [6.07, 6.45) is 1.78. The number of carbonyl (C=O) groups is 2. The molecule has 1 saturated heterocycles. The Morgan fingerprint density at radius 1 is 1.40 bits per heavy atom. The van der Waals surface area contributed by atoms with E-state index in [0.717, 1.165) is 18.9 Å². The summed E-state index contributed by atoms with van der Waals surface area (Å²) in [4.78, 5) is 24.9. The third kappa shape index (κ3) is 2.59. The van der Waals surface area contributed by atoms with E-state index in [2.05, 4.69) is 5.32 Å². The second kappa shape index (κ2) is 5.11. The maximum absolute atomic E-state index is 13.5. The van der Waals surface area contributed by atoms with Crippen molar-refractivity contribution >= 4 is 17.7 Å². The Hall–Kier alpha value is -2.11. The maximum Gasteiger partial charge on any atom is 0.340 e. The monoisotopic (exact) mass is 280 g/mol. The zero-order chi connectivity index (χ0) is 14.9. The number of hydrogen-bond acceptors (Lipinski definition) is 2. The molecule has 1 aromatic carbocycles. The highest BCUT2D eigenvalue weighted by Crippen LogP contribution is 2.29. The Kier molecular flexibility index (Phi) is 3.65. The van der Waals surface area contributed by atoms with Crippen LogP contribution in [-0.4, -0.2) is 34.1 Å².